The number of thioether (sulfide) groups is 1. The van der Waals surface area contributed by atoms with Crippen molar-refractivity contribution in [3.05, 3.63) is 56.4 Å². The Kier molecular flexibility index (Phi) is 6.74. The smallest absolute Gasteiger partial charge is 0.259 e. The first-order valence-electron chi connectivity index (χ1n) is 11.8. The van der Waals surface area contributed by atoms with E-state index < -0.39 is 0 Å². The van der Waals surface area contributed by atoms with Crippen molar-refractivity contribution in [2.24, 2.45) is 0 Å². The third kappa shape index (κ3) is 4.82. The highest BCUT2D eigenvalue weighted by Gasteiger charge is 2.25. The molecule has 174 valence electrons. The van der Waals surface area contributed by atoms with Gasteiger partial charge >= 0.3 is 0 Å². The molecular formula is C25H30N4O2S2. The largest absolute Gasteiger partial charge is 0.367 e. The number of aromatic nitrogens is 2. The lowest BCUT2D eigenvalue weighted by molar-refractivity contribution is -0.120. The van der Waals surface area contributed by atoms with Gasteiger partial charge in [-0.1, -0.05) is 18.2 Å². The molecule has 2 aliphatic rings. The third-order valence-electron chi connectivity index (χ3n) is 6.61. The number of para-hydroxylation sites is 1. The van der Waals surface area contributed by atoms with E-state index in [0.29, 0.717) is 36.3 Å². The van der Waals surface area contributed by atoms with E-state index in [2.05, 4.69) is 46.4 Å². The van der Waals surface area contributed by atoms with E-state index >= 15 is 0 Å². The molecule has 1 aromatic carbocycles. The van der Waals surface area contributed by atoms with Crippen molar-refractivity contribution >= 4 is 44.9 Å². The number of amides is 1. The van der Waals surface area contributed by atoms with Crippen LogP contribution in [0.1, 0.15) is 48.0 Å². The molecule has 2 aromatic heterocycles. The normalized spacial score (nSPS) is 17.2. The van der Waals surface area contributed by atoms with Crippen LogP contribution in [0.4, 0.5) is 5.69 Å². The van der Waals surface area contributed by atoms with Gasteiger partial charge in [0.15, 0.2) is 0 Å². The molecule has 0 fully saturated rings. The molecule has 1 atom stereocenters. The van der Waals surface area contributed by atoms with Crippen molar-refractivity contribution in [2.75, 3.05) is 23.7 Å². The first kappa shape index (κ1) is 22.5. The predicted molar refractivity (Wildman–Crippen MR) is 138 cm³/mol. The van der Waals surface area contributed by atoms with Crippen LogP contribution < -0.4 is 15.8 Å². The number of H-pyrrole nitrogens is 1. The van der Waals surface area contributed by atoms with Crippen LogP contribution in [0, 0.1) is 0 Å². The predicted octanol–water partition coefficient (Wildman–Crippen LogP) is 4.05. The van der Waals surface area contributed by atoms with Crippen molar-refractivity contribution in [3.8, 4) is 0 Å². The number of nitrogens with zero attached hydrogens (tertiary/aromatic N) is 2. The Balaban J connectivity index is 1.07. The molecular weight excluding hydrogens is 452 g/mol. The van der Waals surface area contributed by atoms with Crippen molar-refractivity contribution in [3.63, 3.8) is 0 Å². The molecule has 0 saturated heterocycles. The number of anilines is 1. The van der Waals surface area contributed by atoms with E-state index in [4.69, 9.17) is 4.98 Å². The maximum absolute atomic E-state index is 12.6. The SMILES string of the molecule is CC1Cc2ccccc2N1CCNC(=O)CCSCc1nc2sc3c(c2c(=O)[nH]1)CCCC3. The summed E-state index contributed by atoms with van der Waals surface area (Å²) in [4.78, 5) is 37.2. The summed E-state index contributed by atoms with van der Waals surface area (Å²) >= 11 is 3.32. The van der Waals surface area contributed by atoms with E-state index in [-0.39, 0.29) is 11.5 Å². The van der Waals surface area contributed by atoms with Gasteiger partial charge in [0.2, 0.25) is 5.91 Å². The van der Waals surface area contributed by atoms with Gasteiger partial charge in [0.05, 0.1) is 11.1 Å². The average molecular weight is 483 g/mol. The number of benzene rings is 1. The Morgan fingerprint density at radius 3 is 3.06 bits per heavy atom. The summed E-state index contributed by atoms with van der Waals surface area (Å²) in [6.07, 6.45) is 5.95. The molecule has 3 aromatic rings. The number of thiophene rings is 1. The van der Waals surface area contributed by atoms with Gasteiger partial charge in [-0.25, -0.2) is 4.98 Å². The number of aromatic amines is 1. The van der Waals surface area contributed by atoms with Crippen LogP contribution in [0.5, 0.6) is 0 Å². The maximum atomic E-state index is 12.6. The molecule has 0 saturated carbocycles. The van der Waals surface area contributed by atoms with Crippen molar-refractivity contribution in [1.29, 1.82) is 0 Å². The standard InChI is InChI=1S/C25H30N4O2S2/c1-16-14-17-6-2-4-8-19(17)29(16)12-11-26-22(30)10-13-32-15-21-27-24(31)23-18-7-3-5-9-20(18)33-25(23)28-21/h2,4,6,8,16H,3,5,7,9-15H2,1H3,(H,26,30)(H,27,28,31). The zero-order chi connectivity index (χ0) is 22.8. The second kappa shape index (κ2) is 9.89. The lowest BCUT2D eigenvalue weighted by Crippen LogP contribution is -2.37. The topological polar surface area (TPSA) is 78.1 Å². The van der Waals surface area contributed by atoms with Crippen LogP contribution in [0.3, 0.4) is 0 Å². The lowest BCUT2D eigenvalue weighted by atomic mass is 9.97. The molecule has 33 heavy (non-hydrogen) atoms. The summed E-state index contributed by atoms with van der Waals surface area (Å²) < 4.78 is 0. The molecule has 1 aliphatic carbocycles. The van der Waals surface area contributed by atoms with Gasteiger partial charge in [0, 0.05) is 41.9 Å². The average Bonchev–Trinajstić information content (AvgIpc) is 3.34. The number of aryl methyl sites for hydroxylation is 2. The Bertz CT molecular complexity index is 1220. The Morgan fingerprint density at radius 1 is 1.30 bits per heavy atom. The monoisotopic (exact) mass is 482 g/mol. The fraction of sp³-hybridized carbons (Fsp3) is 0.480. The summed E-state index contributed by atoms with van der Waals surface area (Å²) in [5.74, 6) is 2.10. The summed E-state index contributed by atoms with van der Waals surface area (Å²) in [6.45, 7) is 3.71. The second-order valence-corrected chi connectivity index (χ2v) is 11.1. The van der Waals surface area contributed by atoms with Gasteiger partial charge in [0.1, 0.15) is 10.7 Å². The van der Waals surface area contributed by atoms with Gasteiger partial charge in [-0.2, -0.15) is 11.8 Å². The fourth-order valence-corrected chi connectivity index (χ4v) is 7.07. The zero-order valence-electron chi connectivity index (χ0n) is 19.0. The molecule has 8 heteroatoms. The number of carbonyl (C=O) groups is 1. The molecule has 2 N–H and O–H groups in total. The number of hydrogen-bond donors (Lipinski definition) is 2. The lowest BCUT2D eigenvalue weighted by Gasteiger charge is -2.25. The number of hydrogen-bond acceptors (Lipinski definition) is 6. The zero-order valence-corrected chi connectivity index (χ0v) is 20.6. The van der Waals surface area contributed by atoms with Crippen molar-refractivity contribution in [2.45, 2.75) is 57.2 Å². The molecule has 3 heterocycles. The second-order valence-electron chi connectivity index (χ2n) is 8.93. The number of nitrogens with one attached hydrogen (secondary N) is 2. The number of fused-ring (bicyclic) bond motifs is 4. The summed E-state index contributed by atoms with van der Waals surface area (Å²) in [5.41, 5.74) is 3.89. The summed E-state index contributed by atoms with van der Waals surface area (Å²) in [6, 6.07) is 8.99. The van der Waals surface area contributed by atoms with Gasteiger partial charge < -0.3 is 15.2 Å². The third-order valence-corrected chi connectivity index (χ3v) is 8.77. The Labute approximate surface area is 202 Å². The molecule has 5 rings (SSSR count). The van der Waals surface area contributed by atoms with Crippen LogP contribution in [-0.2, 0) is 29.8 Å². The Morgan fingerprint density at radius 2 is 2.15 bits per heavy atom. The van der Waals surface area contributed by atoms with E-state index in [0.717, 1.165) is 42.4 Å². The molecule has 0 spiro atoms. The summed E-state index contributed by atoms with van der Waals surface area (Å²) in [7, 11) is 0. The van der Waals surface area contributed by atoms with Gasteiger partial charge in [-0.05, 0) is 56.2 Å². The molecule has 1 amide bonds. The molecule has 6 nitrogen and oxygen atoms in total. The van der Waals surface area contributed by atoms with Gasteiger partial charge in [0.25, 0.3) is 5.56 Å². The van der Waals surface area contributed by atoms with E-state index in [1.54, 1.807) is 23.1 Å². The molecule has 0 bridgehead atoms. The van der Waals surface area contributed by atoms with Gasteiger partial charge in [-0.15, -0.1) is 11.3 Å². The highest BCUT2D eigenvalue weighted by molar-refractivity contribution is 7.98. The molecule has 1 aliphatic heterocycles. The summed E-state index contributed by atoms with van der Waals surface area (Å²) in [5, 5.41) is 3.86. The maximum Gasteiger partial charge on any atom is 0.259 e. The first-order valence-corrected chi connectivity index (χ1v) is 13.8. The first-order chi connectivity index (χ1) is 16.1. The van der Waals surface area contributed by atoms with E-state index in [1.807, 2.05) is 0 Å². The quantitative estimate of drug-likeness (QED) is 0.474. The van der Waals surface area contributed by atoms with Crippen LogP contribution >= 0.6 is 23.1 Å². The molecule has 0 radical (unpaired) electrons. The van der Waals surface area contributed by atoms with Crippen molar-refractivity contribution in [1.82, 2.24) is 15.3 Å². The van der Waals surface area contributed by atoms with Crippen molar-refractivity contribution < 1.29 is 4.79 Å². The number of rotatable bonds is 8. The molecule has 1 unspecified atom stereocenters. The van der Waals surface area contributed by atoms with Gasteiger partial charge in [-0.3, -0.25) is 9.59 Å². The van der Waals surface area contributed by atoms with Crippen LogP contribution in [0.2, 0.25) is 0 Å². The minimum absolute atomic E-state index is 0.00884. The number of carbonyl (C=O) groups excluding carboxylic acids is 1. The fourth-order valence-electron chi connectivity index (χ4n) is 4.99. The minimum atomic E-state index is -0.00884. The van der Waals surface area contributed by atoms with Crippen LogP contribution in [0.15, 0.2) is 29.1 Å². The minimum Gasteiger partial charge on any atom is -0.367 e. The van der Waals surface area contributed by atoms with Crippen LogP contribution in [0.25, 0.3) is 10.2 Å². The van der Waals surface area contributed by atoms with E-state index in [9.17, 15) is 9.59 Å². The Hall–Kier alpha value is -2.32. The van der Waals surface area contributed by atoms with Crippen LogP contribution in [-0.4, -0.2) is 40.8 Å². The highest BCUT2D eigenvalue weighted by atomic mass is 32.2. The highest BCUT2D eigenvalue weighted by Crippen LogP contribution is 2.34. The van der Waals surface area contributed by atoms with E-state index in [1.165, 1.54) is 28.1 Å².